The lowest BCUT2D eigenvalue weighted by molar-refractivity contribution is -0.136. The third kappa shape index (κ3) is 6.49. The number of amides is 2. The lowest BCUT2D eigenvalue weighted by Gasteiger charge is -2.31. The molecule has 1 atom stereocenters. The minimum absolute atomic E-state index is 0.0167. The Morgan fingerprint density at radius 3 is 2.52 bits per heavy atom. The van der Waals surface area contributed by atoms with Crippen LogP contribution < -0.4 is 10.1 Å². The number of nitrogens with one attached hydrogen (secondary N) is 1. The minimum Gasteiger partial charge on any atom is -0.493 e. The van der Waals surface area contributed by atoms with E-state index in [0.29, 0.717) is 44.4 Å². The number of piperidine rings is 1. The van der Waals surface area contributed by atoms with Crippen molar-refractivity contribution in [1.82, 2.24) is 10.2 Å². The molecule has 1 heterocycles. The van der Waals surface area contributed by atoms with Crippen LogP contribution in [0.2, 0.25) is 0 Å². The van der Waals surface area contributed by atoms with E-state index >= 15 is 0 Å². The molecule has 3 rings (SSSR count). The summed E-state index contributed by atoms with van der Waals surface area (Å²) >= 11 is 0. The van der Waals surface area contributed by atoms with Gasteiger partial charge in [0.05, 0.1) is 19.1 Å². The van der Waals surface area contributed by atoms with E-state index in [9.17, 15) is 23.5 Å². The molecule has 2 aromatic carbocycles. The first-order valence-corrected chi connectivity index (χ1v) is 10.3. The van der Waals surface area contributed by atoms with Gasteiger partial charge in [0, 0.05) is 37.2 Å². The Kier molecular flexibility index (Phi) is 7.94. The third-order valence-electron chi connectivity index (χ3n) is 5.34. The summed E-state index contributed by atoms with van der Waals surface area (Å²) in [6.07, 6.45) is 0.0214. The molecular formula is C23H26F2N2O4. The number of aliphatic hydroxyl groups excluding tert-OH is 1. The molecule has 0 radical (unpaired) electrons. The highest BCUT2D eigenvalue weighted by Gasteiger charge is 2.27. The Hall–Kier alpha value is -3.00. The van der Waals surface area contributed by atoms with Crippen LogP contribution in [0.15, 0.2) is 48.5 Å². The summed E-state index contributed by atoms with van der Waals surface area (Å²) in [5.74, 6) is -1.42. The van der Waals surface area contributed by atoms with E-state index in [1.807, 2.05) is 30.3 Å². The fourth-order valence-electron chi connectivity index (χ4n) is 3.55. The highest BCUT2D eigenvalue weighted by atomic mass is 19.1. The second kappa shape index (κ2) is 10.9. The number of carbonyl (C=O) groups is 2. The van der Waals surface area contributed by atoms with Gasteiger partial charge in [0.1, 0.15) is 17.4 Å². The van der Waals surface area contributed by atoms with E-state index in [2.05, 4.69) is 5.32 Å². The Bertz CT molecular complexity index is 886. The monoisotopic (exact) mass is 432 g/mol. The molecule has 1 fully saturated rings. The molecule has 8 heteroatoms. The molecule has 0 aliphatic carbocycles. The Labute approximate surface area is 179 Å². The fourth-order valence-corrected chi connectivity index (χ4v) is 3.55. The summed E-state index contributed by atoms with van der Waals surface area (Å²) in [7, 11) is 0. The smallest absolute Gasteiger partial charge is 0.225 e. The molecule has 166 valence electrons. The minimum atomic E-state index is -1.27. The summed E-state index contributed by atoms with van der Waals surface area (Å²) in [6, 6.07) is 12.2. The number of nitrogens with zero attached hydrogens (tertiary/aromatic N) is 1. The number of halogens is 2. The second-order valence-electron chi connectivity index (χ2n) is 7.49. The van der Waals surface area contributed by atoms with Crippen molar-refractivity contribution < 1.29 is 28.2 Å². The molecule has 2 amide bonds. The van der Waals surface area contributed by atoms with Gasteiger partial charge in [-0.05, 0) is 31.0 Å². The standard InChI is InChI=1S/C23H26F2N2O4/c24-17-6-7-19(20(25)14-17)21(28)15-26-23(30)16-8-11-27(12-9-16)22(29)10-13-31-18-4-2-1-3-5-18/h1-7,14,16,21,28H,8-13,15H2,(H,26,30). The van der Waals surface area contributed by atoms with Gasteiger partial charge in [-0.25, -0.2) is 8.78 Å². The summed E-state index contributed by atoms with van der Waals surface area (Å²) in [5.41, 5.74) is -0.0696. The Morgan fingerprint density at radius 2 is 1.84 bits per heavy atom. The fraction of sp³-hybridized carbons (Fsp3) is 0.391. The molecule has 1 aliphatic heterocycles. The Balaban J connectivity index is 1.37. The molecule has 0 saturated carbocycles. The zero-order valence-electron chi connectivity index (χ0n) is 17.1. The number of hydrogen-bond donors (Lipinski definition) is 2. The maximum absolute atomic E-state index is 13.7. The van der Waals surface area contributed by atoms with Gasteiger partial charge in [0.2, 0.25) is 11.8 Å². The maximum atomic E-state index is 13.7. The van der Waals surface area contributed by atoms with Gasteiger partial charge >= 0.3 is 0 Å². The van der Waals surface area contributed by atoms with E-state index in [1.54, 1.807) is 4.90 Å². The SMILES string of the molecule is O=C(NCC(O)c1ccc(F)cc1F)C1CCN(C(=O)CCOc2ccccc2)CC1. The zero-order valence-corrected chi connectivity index (χ0v) is 17.1. The first kappa shape index (κ1) is 22.7. The molecule has 0 aromatic heterocycles. The van der Waals surface area contributed by atoms with Crippen molar-refractivity contribution in [3.63, 3.8) is 0 Å². The van der Waals surface area contributed by atoms with Crippen LogP contribution >= 0.6 is 0 Å². The van der Waals surface area contributed by atoms with Gasteiger partial charge in [0.25, 0.3) is 0 Å². The van der Waals surface area contributed by atoms with Crippen molar-refractivity contribution in [2.24, 2.45) is 5.92 Å². The lowest BCUT2D eigenvalue weighted by Crippen LogP contribution is -2.44. The van der Waals surface area contributed by atoms with Gasteiger partial charge in [-0.1, -0.05) is 24.3 Å². The van der Waals surface area contributed by atoms with Crippen LogP contribution in [-0.2, 0) is 9.59 Å². The molecule has 2 aromatic rings. The summed E-state index contributed by atoms with van der Waals surface area (Å²) in [4.78, 5) is 26.4. The summed E-state index contributed by atoms with van der Waals surface area (Å²) < 4.78 is 32.3. The maximum Gasteiger partial charge on any atom is 0.225 e. The number of likely N-dealkylation sites (tertiary alicyclic amines) is 1. The molecular weight excluding hydrogens is 406 g/mol. The predicted octanol–water partition coefficient (Wildman–Crippen LogP) is 2.82. The quantitative estimate of drug-likeness (QED) is 0.673. The molecule has 2 N–H and O–H groups in total. The van der Waals surface area contributed by atoms with E-state index < -0.39 is 17.7 Å². The number of rotatable bonds is 8. The third-order valence-corrected chi connectivity index (χ3v) is 5.34. The summed E-state index contributed by atoms with van der Waals surface area (Å²) in [6.45, 7) is 1.06. The van der Waals surface area contributed by atoms with Crippen LogP contribution in [0.3, 0.4) is 0 Å². The highest BCUT2D eigenvalue weighted by molar-refractivity contribution is 5.80. The van der Waals surface area contributed by atoms with Crippen molar-refractivity contribution >= 4 is 11.8 Å². The largest absolute Gasteiger partial charge is 0.493 e. The van der Waals surface area contributed by atoms with Crippen molar-refractivity contribution in [3.05, 3.63) is 65.7 Å². The molecule has 6 nitrogen and oxygen atoms in total. The number of carbonyl (C=O) groups excluding carboxylic acids is 2. The molecule has 1 saturated heterocycles. The van der Waals surface area contributed by atoms with Crippen LogP contribution in [0.25, 0.3) is 0 Å². The summed E-state index contributed by atoms with van der Waals surface area (Å²) in [5, 5.41) is 12.7. The number of ether oxygens (including phenoxy) is 1. The zero-order chi connectivity index (χ0) is 22.2. The van der Waals surface area contributed by atoms with Crippen LogP contribution in [0.1, 0.15) is 30.9 Å². The van der Waals surface area contributed by atoms with Crippen molar-refractivity contribution in [3.8, 4) is 5.75 Å². The predicted molar refractivity (Wildman–Crippen MR) is 110 cm³/mol. The van der Waals surface area contributed by atoms with E-state index in [4.69, 9.17) is 4.74 Å². The average Bonchev–Trinajstić information content (AvgIpc) is 2.78. The highest BCUT2D eigenvalue weighted by Crippen LogP contribution is 2.20. The number of para-hydroxylation sites is 1. The van der Waals surface area contributed by atoms with Crippen LogP contribution in [0.5, 0.6) is 5.75 Å². The van der Waals surface area contributed by atoms with Gasteiger partial charge < -0.3 is 20.1 Å². The first-order chi connectivity index (χ1) is 14.9. The average molecular weight is 432 g/mol. The van der Waals surface area contributed by atoms with Gasteiger partial charge in [-0.2, -0.15) is 0 Å². The van der Waals surface area contributed by atoms with Gasteiger partial charge in [-0.15, -0.1) is 0 Å². The van der Waals surface area contributed by atoms with E-state index in [0.717, 1.165) is 12.1 Å². The van der Waals surface area contributed by atoms with Crippen molar-refractivity contribution in [2.45, 2.75) is 25.4 Å². The van der Waals surface area contributed by atoms with Crippen molar-refractivity contribution in [1.29, 1.82) is 0 Å². The molecule has 31 heavy (non-hydrogen) atoms. The number of hydrogen-bond acceptors (Lipinski definition) is 4. The molecule has 1 aliphatic rings. The number of benzene rings is 2. The van der Waals surface area contributed by atoms with E-state index in [1.165, 1.54) is 0 Å². The lowest BCUT2D eigenvalue weighted by atomic mass is 9.95. The Morgan fingerprint density at radius 1 is 1.13 bits per heavy atom. The van der Waals surface area contributed by atoms with Crippen LogP contribution in [0.4, 0.5) is 8.78 Å². The van der Waals surface area contributed by atoms with Crippen LogP contribution in [-0.4, -0.2) is 48.1 Å². The second-order valence-corrected chi connectivity index (χ2v) is 7.49. The molecule has 0 bridgehead atoms. The van der Waals surface area contributed by atoms with E-state index in [-0.39, 0.29) is 36.3 Å². The van der Waals surface area contributed by atoms with Crippen LogP contribution in [0, 0.1) is 17.6 Å². The van der Waals surface area contributed by atoms with Gasteiger partial charge in [-0.3, -0.25) is 9.59 Å². The number of aliphatic hydroxyl groups is 1. The first-order valence-electron chi connectivity index (χ1n) is 10.3. The van der Waals surface area contributed by atoms with Crippen molar-refractivity contribution in [2.75, 3.05) is 26.2 Å². The molecule has 1 unspecified atom stereocenters. The molecule has 0 spiro atoms. The topological polar surface area (TPSA) is 78.9 Å². The van der Waals surface area contributed by atoms with Gasteiger partial charge in [0.15, 0.2) is 0 Å². The normalized spacial score (nSPS) is 15.4.